The molecule has 1 aliphatic rings. The molecule has 4 nitrogen and oxygen atoms in total. The first-order chi connectivity index (χ1) is 9.56. The summed E-state index contributed by atoms with van der Waals surface area (Å²) in [5.74, 6) is 0. The highest BCUT2D eigenvalue weighted by Gasteiger charge is 2.33. The van der Waals surface area contributed by atoms with Gasteiger partial charge in [-0.1, -0.05) is 13.8 Å². The highest BCUT2D eigenvalue weighted by atomic mass is 16.3. The number of aliphatic hydroxyl groups is 1. The maximum absolute atomic E-state index is 10.7. The Kier molecular flexibility index (Phi) is 5.22. The van der Waals surface area contributed by atoms with E-state index >= 15 is 0 Å². The Morgan fingerprint density at radius 2 is 2.15 bits per heavy atom. The van der Waals surface area contributed by atoms with Crippen LogP contribution in [0.3, 0.4) is 0 Å². The minimum Gasteiger partial charge on any atom is -0.389 e. The standard InChI is InChI=1S/C16H29N3O/c1-4-13(3)19-11-8-15(18-19)12-16(20)9-6-14(7-10-16)17-5-2/h8,11,13-14,17,20H,4-7,9-10,12H2,1-3H3. The Labute approximate surface area is 122 Å². The third-order valence-corrected chi connectivity index (χ3v) is 4.63. The van der Waals surface area contributed by atoms with Crippen molar-refractivity contribution in [1.29, 1.82) is 0 Å². The van der Waals surface area contributed by atoms with Gasteiger partial charge in [0.15, 0.2) is 0 Å². The number of rotatable bonds is 6. The number of hydrogen-bond donors (Lipinski definition) is 2. The zero-order valence-electron chi connectivity index (χ0n) is 13.1. The maximum Gasteiger partial charge on any atom is 0.0704 e. The van der Waals surface area contributed by atoms with E-state index in [0.717, 1.165) is 44.3 Å². The first-order valence-corrected chi connectivity index (χ1v) is 8.06. The van der Waals surface area contributed by atoms with Gasteiger partial charge in [-0.05, 0) is 51.6 Å². The van der Waals surface area contributed by atoms with Gasteiger partial charge >= 0.3 is 0 Å². The van der Waals surface area contributed by atoms with Crippen LogP contribution in [0.25, 0.3) is 0 Å². The molecule has 1 unspecified atom stereocenters. The zero-order chi connectivity index (χ0) is 14.6. The van der Waals surface area contributed by atoms with Gasteiger partial charge in [0.25, 0.3) is 0 Å². The molecule has 1 aromatic heterocycles. The van der Waals surface area contributed by atoms with Gasteiger partial charge in [0.2, 0.25) is 0 Å². The van der Waals surface area contributed by atoms with Crippen LogP contribution < -0.4 is 5.32 Å². The summed E-state index contributed by atoms with van der Waals surface area (Å²) in [7, 11) is 0. The number of hydrogen-bond acceptors (Lipinski definition) is 3. The molecule has 1 aliphatic carbocycles. The van der Waals surface area contributed by atoms with Crippen LogP contribution in [0.4, 0.5) is 0 Å². The van der Waals surface area contributed by atoms with Crippen molar-refractivity contribution >= 4 is 0 Å². The molecule has 4 heteroatoms. The summed E-state index contributed by atoms with van der Waals surface area (Å²) >= 11 is 0. The predicted octanol–water partition coefficient (Wildman–Crippen LogP) is 2.68. The summed E-state index contributed by atoms with van der Waals surface area (Å²) in [6, 6.07) is 3.07. The lowest BCUT2D eigenvalue weighted by Crippen LogP contribution is -2.42. The molecular weight excluding hydrogens is 250 g/mol. The number of aromatic nitrogens is 2. The molecule has 20 heavy (non-hydrogen) atoms. The summed E-state index contributed by atoms with van der Waals surface area (Å²) in [5.41, 5.74) is 0.468. The number of nitrogens with one attached hydrogen (secondary N) is 1. The van der Waals surface area contributed by atoms with E-state index in [9.17, 15) is 5.11 Å². The molecule has 0 saturated heterocycles. The summed E-state index contributed by atoms with van der Waals surface area (Å²) in [6.45, 7) is 7.50. The summed E-state index contributed by atoms with van der Waals surface area (Å²) in [4.78, 5) is 0. The van der Waals surface area contributed by atoms with Gasteiger partial charge in [0.05, 0.1) is 11.3 Å². The van der Waals surface area contributed by atoms with Crippen LogP contribution in [0.5, 0.6) is 0 Å². The van der Waals surface area contributed by atoms with Crippen molar-refractivity contribution in [2.24, 2.45) is 0 Å². The summed E-state index contributed by atoms with van der Waals surface area (Å²) < 4.78 is 2.02. The minimum atomic E-state index is -0.555. The second kappa shape index (κ2) is 6.72. The average molecular weight is 279 g/mol. The quantitative estimate of drug-likeness (QED) is 0.842. The fraction of sp³-hybridized carbons (Fsp3) is 0.812. The van der Waals surface area contributed by atoms with Crippen molar-refractivity contribution in [2.45, 2.75) is 77.0 Å². The van der Waals surface area contributed by atoms with Gasteiger partial charge in [-0.15, -0.1) is 0 Å². The lowest BCUT2D eigenvalue weighted by atomic mass is 9.79. The van der Waals surface area contributed by atoms with Crippen LogP contribution >= 0.6 is 0 Å². The van der Waals surface area contributed by atoms with Gasteiger partial charge in [-0.3, -0.25) is 4.68 Å². The van der Waals surface area contributed by atoms with Gasteiger partial charge in [-0.2, -0.15) is 5.10 Å². The Balaban J connectivity index is 1.91. The highest BCUT2D eigenvalue weighted by Crippen LogP contribution is 2.31. The zero-order valence-corrected chi connectivity index (χ0v) is 13.1. The molecule has 2 N–H and O–H groups in total. The molecule has 0 spiro atoms. The van der Waals surface area contributed by atoms with Crippen LogP contribution in [-0.2, 0) is 6.42 Å². The fourth-order valence-corrected chi connectivity index (χ4v) is 3.07. The largest absolute Gasteiger partial charge is 0.389 e. The first-order valence-electron chi connectivity index (χ1n) is 8.06. The molecule has 114 valence electrons. The molecule has 0 aromatic carbocycles. The molecule has 1 aromatic rings. The molecule has 1 fully saturated rings. The van der Waals surface area contributed by atoms with Crippen molar-refractivity contribution in [3.8, 4) is 0 Å². The molecule has 0 bridgehead atoms. The van der Waals surface area contributed by atoms with Gasteiger partial charge in [-0.25, -0.2) is 0 Å². The van der Waals surface area contributed by atoms with Crippen molar-refractivity contribution in [3.05, 3.63) is 18.0 Å². The molecule has 1 atom stereocenters. The second-order valence-electron chi connectivity index (χ2n) is 6.28. The average Bonchev–Trinajstić information content (AvgIpc) is 2.89. The van der Waals surface area contributed by atoms with Crippen molar-refractivity contribution < 1.29 is 5.11 Å². The van der Waals surface area contributed by atoms with E-state index in [4.69, 9.17) is 0 Å². The van der Waals surface area contributed by atoms with E-state index in [1.54, 1.807) is 0 Å². The maximum atomic E-state index is 10.7. The monoisotopic (exact) mass is 279 g/mol. The van der Waals surface area contributed by atoms with E-state index in [1.807, 2.05) is 10.9 Å². The first kappa shape index (κ1) is 15.5. The van der Waals surface area contributed by atoms with Crippen LogP contribution in [-0.4, -0.2) is 33.1 Å². The molecule has 1 saturated carbocycles. The molecular formula is C16H29N3O. The second-order valence-corrected chi connectivity index (χ2v) is 6.28. The van der Waals surface area contributed by atoms with Crippen LogP contribution in [0.15, 0.2) is 12.3 Å². The smallest absolute Gasteiger partial charge is 0.0704 e. The van der Waals surface area contributed by atoms with E-state index in [-0.39, 0.29) is 0 Å². The molecule has 0 amide bonds. The summed E-state index contributed by atoms with van der Waals surface area (Å²) in [6.07, 6.45) is 7.69. The van der Waals surface area contributed by atoms with Gasteiger partial charge in [0.1, 0.15) is 0 Å². The minimum absolute atomic E-state index is 0.433. The third-order valence-electron chi connectivity index (χ3n) is 4.63. The van der Waals surface area contributed by atoms with E-state index in [1.165, 1.54) is 0 Å². The summed E-state index contributed by atoms with van der Waals surface area (Å²) in [5, 5.41) is 18.8. The molecule has 2 rings (SSSR count). The van der Waals surface area contributed by atoms with Crippen LogP contribution in [0.1, 0.15) is 64.6 Å². The van der Waals surface area contributed by atoms with Crippen molar-refractivity contribution in [1.82, 2.24) is 15.1 Å². The van der Waals surface area contributed by atoms with Crippen LogP contribution in [0, 0.1) is 0 Å². The van der Waals surface area contributed by atoms with Gasteiger partial charge < -0.3 is 10.4 Å². The Bertz CT molecular complexity index is 408. The lowest BCUT2D eigenvalue weighted by Gasteiger charge is -2.36. The lowest BCUT2D eigenvalue weighted by molar-refractivity contribution is -0.00386. The normalized spacial score (nSPS) is 28.5. The predicted molar refractivity (Wildman–Crippen MR) is 81.8 cm³/mol. The topological polar surface area (TPSA) is 50.1 Å². The Morgan fingerprint density at radius 1 is 1.45 bits per heavy atom. The number of nitrogens with zero attached hydrogens (tertiary/aromatic N) is 2. The Morgan fingerprint density at radius 3 is 2.75 bits per heavy atom. The van der Waals surface area contributed by atoms with Gasteiger partial charge in [0, 0.05) is 24.7 Å². The highest BCUT2D eigenvalue weighted by molar-refractivity contribution is 5.06. The third kappa shape index (κ3) is 3.83. The molecule has 0 radical (unpaired) electrons. The Hall–Kier alpha value is -0.870. The van der Waals surface area contributed by atoms with Crippen molar-refractivity contribution in [3.63, 3.8) is 0 Å². The molecule has 1 heterocycles. The van der Waals surface area contributed by atoms with E-state index in [0.29, 0.717) is 18.5 Å². The molecule has 0 aliphatic heterocycles. The van der Waals surface area contributed by atoms with Crippen molar-refractivity contribution in [2.75, 3.05) is 6.54 Å². The van der Waals surface area contributed by atoms with Crippen LogP contribution in [0.2, 0.25) is 0 Å². The fourth-order valence-electron chi connectivity index (χ4n) is 3.07. The van der Waals surface area contributed by atoms with E-state index in [2.05, 4.69) is 37.3 Å². The SMILES string of the molecule is CCNC1CCC(O)(Cc2ccn(C(C)CC)n2)CC1. The van der Waals surface area contributed by atoms with E-state index < -0.39 is 5.60 Å².